The minimum absolute atomic E-state index is 0.107. The Morgan fingerprint density at radius 1 is 0.926 bits per heavy atom. The van der Waals surface area contributed by atoms with Gasteiger partial charge in [0.15, 0.2) is 0 Å². The van der Waals surface area contributed by atoms with Crippen LogP contribution in [0.2, 0.25) is 0 Å². The summed E-state index contributed by atoms with van der Waals surface area (Å²) in [5, 5.41) is 29.0. The van der Waals surface area contributed by atoms with Crippen LogP contribution in [0, 0.1) is 6.92 Å². The standard InChI is InChI=1S/C18H13NO8/c1-7-3-4-10-8(5-7)11(15(20)21)13(17(24)25)14-12(16(22)23)9(6-19(10)14)18(26)27-2/h3-6H,1-2H3,(H,20,21)(H,22,23)(H,24,25). The number of aromatic carboxylic acids is 3. The van der Waals surface area contributed by atoms with E-state index in [1.54, 1.807) is 13.0 Å². The Morgan fingerprint density at radius 2 is 1.52 bits per heavy atom. The summed E-state index contributed by atoms with van der Waals surface area (Å²) < 4.78 is 5.78. The van der Waals surface area contributed by atoms with Crippen molar-refractivity contribution in [3.05, 3.63) is 52.2 Å². The van der Waals surface area contributed by atoms with Gasteiger partial charge in [0, 0.05) is 11.6 Å². The number of hydrogen-bond acceptors (Lipinski definition) is 5. The lowest BCUT2D eigenvalue weighted by molar-refractivity contribution is 0.0583. The number of rotatable bonds is 4. The van der Waals surface area contributed by atoms with Crippen molar-refractivity contribution in [1.82, 2.24) is 4.40 Å². The summed E-state index contributed by atoms with van der Waals surface area (Å²) >= 11 is 0. The zero-order valence-corrected chi connectivity index (χ0v) is 14.1. The molecule has 9 heteroatoms. The molecule has 0 saturated carbocycles. The van der Waals surface area contributed by atoms with Crippen LogP contribution in [0.3, 0.4) is 0 Å². The van der Waals surface area contributed by atoms with Crippen LogP contribution in [0.15, 0.2) is 24.4 Å². The summed E-state index contributed by atoms with van der Waals surface area (Å²) in [4.78, 5) is 47.6. The summed E-state index contributed by atoms with van der Waals surface area (Å²) in [7, 11) is 1.05. The number of carboxylic acids is 3. The van der Waals surface area contributed by atoms with Crippen molar-refractivity contribution in [3.63, 3.8) is 0 Å². The number of carboxylic acid groups (broad SMARTS) is 3. The van der Waals surface area contributed by atoms with E-state index < -0.39 is 46.1 Å². The van der Waals surface area contributed by atoms with Gasteiger partial charge in [-0.25, -0.2) is 19.2 Å². The van der Waals surface area contributed by atoms with Gasteiger partial charge in [-0.05, 0) is 19.1 Å². The molecule has 0 spiro atoms. The predicted octanol–water partition coefficient (Wildman–Crippen LogP) is 2.28. The molecule has 9 nitrogen and oxygen atoms in total. The first-order valence-electron chi connectivity index (χ1n) is 7.58. The summed E-state index contributed by atoms with van der Waals surface area (Å²) in [5.41, 5.74) is -1.75. The highest BCUT2D eigenvalue weighted by Gasteiger charge is 2.32. The van der Waals surface area contributed by atoms with E-state index in [1.807, 2.05) is 0 Å². The summed E-state index contributed by atoms with van der Waals surface area (Å²) in [6, 6.07) is 4.68. The number of carbonyl (C=O) groups is 4. The van der Waals surface area contributed by atoms with Crippen LogP contribution in [0.4, 0.5) is 0 Å². The second-order valence-electron chi connectivity index (χ2n) is 5.81. The monoisotopic (exact) mass is 371 g/mol. The molecule has 0 radical (unpaired) electrons. The van der Waals surface area contributed by atoms with Crippen molar-refractivity contribution in [2.45, 2.75) is 6.92 Å². The maximum atomic E-state index is 12.0. The molecule has 2 aromatic heterocycles. The fourth-order valence-electron chi connectivity index (χ4n) is 3.17. The smallest absolute Gasteiger partial charge is 0.340 e. The highest BCUT2D eigenvalue weighted by atomic mass is 16.5. The zero-order chi connectivity index (χ0) is 20.0. The number of methoxy groups -OCH3 is 1. The van der Waals surface area contributed by atoms with E-state index in [4.69, 9.17) is 0 Å². The fraction of sp³-hybridized carbons (Fsp3) is 0.111. The third-order valence-corrected chi connectivity index (χ3v) is 4.22. The molecule has 0 fully saturated rings. The molecular formula is C18H13NO8. The van der Waals surface area contributed by atoms with Crippen molar-refractivity contribution in [2.24, 2.45) is 0 Å². The molecular weight excluding hydrogens is 358 g/mol. The molecule has 0 bridgehead atoms. The lowest BCUT2D eigenvalue weighted by Gasteiger charge is -2.12. The second kappa shape index (κ2) is 6.13. The number of benzene rings is 1. The van der Waals surface area contributed by atoms with E-state index in [0.29, 0.717) is 5.56 Å². The Labute approximate surface area is 151 Å². The number of aryl methyl sites for hydroxylation is 1. The maximum absolute atomic E-state index is 12.0. The molecule has 0 saturated heterocycles. The highest BCUT2D eigenvalue weighted by Crippen LogP contribution is 2.33. The first kappa shape index (κ1) is 17.9. The van der Waals surface area contributed by atoms with Crippen molar-refractivity contribution < 1.29 is 39.2 Å². The minimum Gasteiger partial charge on any atom is -0.478 e. The Hall–Kier alpha value is -3.88. The zero-order valence-electron chi connectivity index (χ0n) is 14.1. The fourth-order valence-corrected chi connectivity index (χ4v) is 3.17. The minimum atomic E-state index is -1.63. The van der Waals surface area contributed by atoms with Crippen LogP contribution in [0.25, 0.3) is 16.4 Å². The van der Waals surface area contributed by atoms with Crippen LogP contribution < -0.4 is 0 Å². The second-order valence-corrected chi connectivity index (χ2v) is 5.81. The molecule has 0 aliphatic heterocycles. The number of esters is 1. The quantitative estimate of drug-likeness (QED) is 0.593. The first-order chi connectivity index (χ1) is 12.7. The molecule has 0 aliphatic rings. The lowest BCUT2D eigenvalue weighted by atomic mass is 9.98. The van der Waals surface area contributed by atoms with Gasteiger partial charge in [-0.15, -0.1) is 0 Å². The number of hydrogen-bond donors (Lipinski definition) is 3. The van der Waals surface area contributed by atoms with E-state index >= 15 is 0 Å². The van der Waals surface area contributed by atoms with Gasteiger partial charge in [-0.1, -0.05) is 11.6 Å². The number of fused-ring (bicyclic) bond motifs is 3. The van der Waals surface area contributed by atoms with E-state index in [0.717, 1.165) is 13.3 Å². The van der Waals surface area contributed by atoms with Crippen molar-refractivity contribution in [1.29, 1.82) is 0 Å². The lowest BCUT2D eigenvalue weighted by Crippen LogP contribution is -2.14. The number of aromatic nitrogens is 1. The van der Waals surface area contributed by atoms with Crippen LogP contribution in [-0.4, -0.2) is 50.7 Å². The van der Waals surface area contributed by atoms with E-state index in [-0.39, 0.29) is 16.5 Å². The summed E-state index contributed by atoms with van der Waals surface area (Å²) in [6.45, 7) is 1.70. The van der Waals surface area contributed by atoms with Crippen LogP contribution in [0.5, 0.6) is 0 Å². The number of carbonyl (C=O) groups excluding carboxylic acids is 1. The summed E-state index contributed by atoms with van der Waals surface area (Å²) in [6.07, 6.45) is 1.14. The first-order valence-corrected chi connectivity index (χ1v) is 7.58. The molecule has 0 amide bonds. The van der Waals surface area contributed by atoms with Crippen LogP contribution >= 0.6 is 0 Å². The molecule has 0 unspecified atom stereocenters. The van der Waals surface area contributed by atoms with Gasteiger partial charge in [0.25, 0.3) is 0 Å². The largest absolute Gasteiger partial charge is 0.478 e. The molecule has 0 atom stereocenters. The van der Waals surface area contributed by atoms with Crippen molar-refractivity contribution >= 4 is 40.3 Å². The van der Waals surface area contributed by atoms with Gasteiger partial charge in [0.2, 0.25) is 0 Å². The Morgan fingerprint density at radius 3 is 2.04 bits per heavy atom. The molecule has 138 valence electrons. The van der Waals surface area contributed by atoms with E-state index in [9.17, 15) is 34.5 Å². The Kier molecular flexibility index (Phi) is 4.07. The average molecular weight is 371 g/mol. The van der Waals surface area contributed by atoms with Crippen molar-refractivity contribution in [3.8, 4) is 0 Å². The van der Waals surface area contributed by atoms with Gasteiger partial charge >= 0.3 is 23.9 Å². The van der Waals surface area contributed by atoms with E-state index in [1.165, 1.54) is 16.5 Å². The highest BCUT2D eigenvalue weighted by molar-refractivity contribution is 6.20. The third kappa shape index (κ3) is 2.56. The Bertz CT molecular complexity index is 1170. The predicted molar refractivity (Wildman–Crippen MR) is 91.9 cm³/mol. The van der Waals surface area contributed by atoms with Gasteiger partial charge in [0.1, 0.15) is 5.56 Å². The van der Waals surface area contributed by atoms with Crippen LogP contribution in [0.1, 0.15) is 47.0 Å². The molecule has 3 N–H and O–H groups in total. The van der Waals surface area contributed by atoms with Crippen LogP contribution in [-0.2, 0) is 4.74 Å². The van der Waals surface area contributed by atoms with Gasteiger partial charge < -0.3 is 24.5 Å². The normalized spacial score (nSPS) is 10.9. The molecule has 0 aliphatic carbocycles. The van der Waals surface area contributed by atoms with Gasteiger partial charge in [0.05, 0.1) is 34.8 Å². The topological polar surface area (TPSA) is 143 Å². The summed E-state index contributed by atoms with van der Waals surface area (Å²) in [5.74, 6) is -5.71. The molecule has 3 rings (SSSR count). The Balaban J connectivity index is 2.74. The van der Waals surface area contributed by atoms with Crippen molar-refractivity contribution in [2.75, 3.05) is 7.11 Å². The number of nitrogens with zero attached hydrogens (tertiary/aromatic N) is 1. The molecule has 2 heterocycles. The van der Waals surface area contributed by atoms with Gasteiger partial charge in [-0.3, -0.25) is 0 Å². The average Bonchev–Trinajstić information content (AvgIpc) is 2.99. The number of pyridine rings is 1. The third-order valence-electron chi connectivity index (χ3n) is 4.22. The molecule has 1 aromatic carbocycles. The van der Waals surface area contributed by atoms with E-state index in [2.05, 4.69) is 4.74 Å². The number of ether oxygens (including phenoxy) is 1. The van der Waals surface area contributed by atoms with Gasteiger partial charge in [-0.2, -0.15) is 0 Å². The molecule has 27 heavy (non-hydrogen) atoms. The maximum Gasteiger partial charge on any atom is 0.340 e. The SMILES string of the molecule is COC(=O)c1cn2c(c1C(=O)O)c(C(=O)O)c(C(=O)O)c1cc(C)ccc12. The molecule has 3 aromatic rings.